The summed E-state index contributed by atoms with van der Waals surface area (Å²) in [7, 11) is 0. The molecule has 8 heteroatoms. The standard InChI is InChI=1S/C13H15N5O3/c1-9-2-3-11(10(8-9)12(19)20)16-13(21)14-4-6-18-7-5-15-17-18/h2-3,5,7-8H,4,6H2,1H3,(H,19,20)(H2,14,16,21). The number of anilines is 1. The summed E-state index contributed by atoms with van der Waals surface area (Å²) >= 11 is 0. The van der Waals surface area contributed by atoms with Crippen molar-refractivity contribution < 1.29 is 14.7 Å². The summed E-state index contributed by atoms with van der Waals surface area (Å²) in [5, 5.41) is 21.7. The third-order valence-electron chi connectivity index (χ3n) is 2.75. The van der Waals surface area contributed by atoms with Gasteiger partial charge in [0.2, 0.25) is 0 Å². The summed E-state index contributed by atoms with van der Waals surface area (Å²) in [6, 6.07) is 4.34. The number of carboxylic acid groups (broad SMARTS) is 1. The fraction of sp³-hybridized carbons (Fsp3) is 0.231. The van der Waals surface area contributed by atoms with Crippen molar-refractivity contribution in [2.75, 3.05) is 11.9 Å². The van der Waals surface area contributed by atoms with E-state index < -0.39 is 12.0 Å². The van der Waals surface area contributed by atoms with Gasteiger partial charge in [0, 0.05) is 12.7 Å². The third-order valence-corrected chi connectivity index (χ3v) is 2.75. The molecule has 1 aromatic heterocycles. The number of aryl methyl sites for hydroxylation is 1. The van der Waals surface area contributed by atoms with Crippen LogP contribution in [0.2, 0.25) is 0 Å². The molecule has 0 saturated heterocycles. The second-order valence-corrected chi connectivity index (χ2v) is 4.40. The smallest absolute Gasteiger partial charge is 0.337 e. The van der Waals surface area contributed by atoms with Crippen LogP contribution in [0.25, 0.3) is 0 Å². The molecule has 2 aromatic rings. The summed E-state index contributed by atoms with van der Waals surface area (Å²) in [4.78, 5) is 22.9. The van der Waals surface area contributed by atoms with Crippen LogP contribution in [0.5, 0.6) is 0 Å². The first-order chi connectivity index (χ1) is 10.1. The molecule has 21 heavy (non-hydrogen) atoms. The second-order valence-electron chi connectivity index (χ2n) is 4.40. The van der Waals surface area contributed by atoms with Crippen molar-refractivity contribution in [3.8, 4) is 0 Å². The number of nitrogens with zero attached hydrogens (tertiary/aromatic N) is 3. The van der Waals surface area contributed by atoms with Gasteiger partial charge in [0.15, 0.2) is 0 Å². The lowest BCUT2D eigenvalue weighted by Gasteiger charge is -2.10. The molecule has 0 unspecified atom stereocenters. The molecule has 0 saturated carbocycles. The second kappa shape index (κ2) is 6.51. The van der Waals surface area contributed by atoms with E-state index in [1.807, 2.05) is 0 Å². The molecule has 2 rings (SSSR count). The van der Waals surface area contributed by atoms with Crippen LogP contribution in [0.1, 0.15) is 15.9 Å². The molecular formula is C13H15N5O3. The number of nitrogens with one attached hydrogen (secondary N) is 2. The van der Waals surface area contributed by atoms with Crippen LogP contribution in [0.15, 0.2) is 30.6 Å². The van der Waals surface area contributed by atoms with E-state index in [2.05, 4.69) is 20.9 Å². The fourth-order valence-corrected chi connectivity index (χ4v) is 1.75. The Bertz CT molecular complexity index is 639. The molecule has 1 aromatic carbocycles. The SMILES string of the molecule is Cc1ccc(NC(=O)NCCn2ccnn2)c(C(=O)O)c1. The highest BCUT2D eigenvalue weighted by Gasteiger charge is 2.12. The molecule has 0 bridgehead atoms. The number of hydrogen-bond acceptors (Lipinski definition) is 4. The Morgan fingerprint density at radius 1 is 1.38 bits per heavy atom. The Morgan fingerprint density at radius 3 is 2.86 bits per heavy atom. The number of urea groups is 1. The maximum absolute atomic E-state index is 11.7. The maximum Gasteiger partial charge on any atom is 0.337 e. The Balaban J connectivity index is 1.92. The molecule has 0 fully saturated rings. The van der Waals surface area contributed by atoms with Crippen molar-refractivity contribution in [1.29, 1.82) is 0 Å². The monoisotopic (exact) mass is 289 g/mol. The van der Waals surface area contributed by atoms with Gasteiger partial charge in [-0.25, -0.2) is 9.59 Å². The molecule has 0 aliphatic carbocycles. The first-order valence-corrected chi connectivity index (χ1v) is 6.29. The fourth-order valence-electron chi connectivity index (χ4n) is 1.75. The zero-order chi connectivity index (χ0) is 15.2. The van der Waals surface area contributed by atoms with Crippen LogP contribution in [0.4, 0.5) is 10.5 Å². The van der Waals surface area contributed by atoms with Crippen LogP contribution < -0.4 is 10.6 Å². The molecule has 8 nitrogen and oxygen atoms in total. The lowest BCUT2D eigenvalue weighted by atomic mass is 10.1. The summed E-state index contributed by atoms with van der Waals surface area (Å²) in [6.45, 7) is 2.62. The van der Waals surface area contributed by atoms with E-state index in [1.165, 1.54) is 6.07 Å². The molecule has 1 heterocycles. The highest BCUT2D eigenvalue weighted by Crippen LogP contribution is 2.17. The highest BCUT2D eigenvalue weighted by atomic mass is 16.4. The quantitative estimate of drug-likeness (QED) is 0.763. The predicted octanol–water partition coefficient (Wildman–Crippen LogP) is 1.11. The van der Waals surface area contributed by atoms with Crippen LogP contribution in [0, 0.1) is 6.92 Å². The van der Waals surface area contributed by atoms with E-state index in [4.69, 9.17) is 5.11 Å². The van der Waals surface area contributed by atoms with Crippen LogP contribution in [0.3, 0.4) is 0 Å². The Labute approximate surface area is 120 Å². The lowest BCUT2D eigenvalue weighted by Crippen LogP contribution is -2.32. The third kappa shape index (κ3) is 4.03. The normalized spacial score (nSPS) is 10.1. The van der Waals surface area contributed by atoms with Gasteiger partial charge in [-0.05, 0) is 19.1 Å². The molecule has 3 N–H and O–H groups in total. The van der Waals surface area contributed by atoms with E-state index in [0.29, 0.717) is 13.1 Å². The Morgan fingerprint density at radius 2 is 2.19 bits per heavy atom. The predicted molar refractivity (Wildman–Crippen MR) is 75.2 cm³/mol. The van der Waals surface area contributed by atoms with Gasteiger partial charge < -0.3 is 15.7 Å². The van der Waals surface area contributed by atoms with E-state index in [9.17, 15) is 9.59 Å². The van der Waals surface area contributed by atoms with Gasteiger partial charge in [0.05, 0.1) is 24.0 Å². The molecular weight excluding hydrogens is 274 g/mol. The van der Waals surface area contributed by atoms with Gasteiger partial charge in [-0.3, -0.25) is 4.68 Å². The van der Waals surface area contributed by atoms with Gasteiger partial charge in [-0.15, -0.1) is 5.10 Å². The van der Waals surface area contributed by atoms with Crippen molar-refractivity contribution in [3.05, 3.63) is 41.7 Å². The topological polar surface area (TPSA) is 109 Å². The molecule has 0 aliphatic rings. The molecule has 2 amide bonds. The number of carboxylic acids is 1. The largest absolute Gasteiger partial charge is 0.478 e. The van der Waals surface area contributed by atoms with Gasteiger partial charge in [-0.1, -0.05) is 16.8 Å². The number of carbonyl (C=O) groups is 2. The Kier molecular flexibility index (Phi) is 4.50. The molecule has 0 atom stereocenters. The molecule has 0 radical (unpaired) electrons. The molecule has 110 valence electrons. The number of carbonyl (C=O) groups excluding carboxylic acids is 1. The minimum Gasteiger partial charge on any atom is -0.478 e. The summed E-state index contributed by atoms with van der Waals surface area (Å²) < 4.78 is 1.58. The first-order valence-electron chi connectivity index (χ1n) is 6.29. The highest BCUT2D eigenvalue weighted by molar-refractivity contribution is 6.00. The van der Waals surface area contributed by atoms with Gasteiger partial charge in [0.25, 0.3) is 0 Å². The number of amides is 2. The summed E-state index contributed by atoms with van der Waals surface area (Å²) in [6.07, 6.45) is 3.23. The van der Waals surface area contributed by atoms with Crippen molar-refractivity contribution in [1.82, 2.24) is 20.3 Å². The van der Waals surface area contributed by atoms with E-state index >= 15 is 0 Å². The zero-order valence-electron chi connectivity index (χ0n) is 11.4. The Hall–Kier alpha value is -2.90. The van der Waals surface area contributed by atoms with Gasteiger partial charge >= 0.3 is 12.0 Å². The lowest BCUT2D eigenvalue weighted by molar-refractivity contribution is 0.0698. The molecule has 0 aliphatic heterocycles. The van der Waals surface area contributed by atoms with Crippen molar-refractivity contribution >= 4 is 17.7 Å². The van der Waals surface area contributed by atoms with Gasteiger partial charge in [0.1, 0.15) is 0 Å². The van der Waals surface area contributed by atoms with Crippen molar-refractivity contribution in [3.63, 3.8) is 0 Å². The molecule has 0 spiro atoms. The number of benzene rings is 1. The minimum absolute atomic E-state index is 0.0569. The average molecular weight is 289 g/mol. The van der Waals surface area contributed by atoms with E-state index in [0.717, 1.165) is 5.56 Å². The summed E-state index contributed by atoms with van der Waals surface area (Å²) in [5.41, 5.74) is 1.12. The number of rotatable bonds is 5. The number of hydrogen-bond donors (Lipinski definition) is 3. The zero-order valence-corrected chi connectivity index (χ0v) is 11.4. The number of aromatic nitrogens is 3. The minimum atomic E-state index is -1.09. The average Bonchev–Trinajstić information content (AvgIpc) is 2.94. The summed E-state index contributed by atoms with van der Waals surface area (Å²) in [5.74, 6) is -1.09. The van der Waals surface area contributed by atoms with Crippen LogP contribution >= 0.6 is 0 Å². The van der Waals surface area contributed by atoms with E-state index in [-0.39, 0.29) is 11.3 Å². The first kappa shape index (κ1) is 14.5. The van der Waals surface area contributed by atoms with Crippen LogP contribution in [-0.2, 0) is 6.54 Å². The maximum atomic E-state index is 11.7. The van der Waals surface area contributed by atoms with Crippen LogP contribution in [-0.4, -0.2) is 38.6 Å². The van der Waals surface area contributed by atoms with Crippen molar-refractivity contribution in [2.45, 2.75) is 13.5 Å². The van der Waals surface area contributed by atoms with E-state index in [1.54, 1.807) is 36.1 Å². The number of aromatic carboxylic acids is 1. The van der Waals surface area contributed by atoms with Gasteiger partial charge in [-0.2, -0.15) is 0 Å². The van der Waals surface area contributed by atoms with Crippen molar-refractivity contribution in [2.24, 2.45) is 0 Å².